The number of rotatable bonds is 48. The number of carbonyl (C=O) groups excluding carboxylic acids is 2. The average molecular weight is 869 g/mol. The van der Waals surface area contributed by atoms with E-state index in [2.05, 4.69) is 42.7 Å². The van der Waals surface area contributed by atoms with E-state index in [1.54, 1.807) is 0 Å². The summed E-state index contributed by atoms with van der Waals surface area (Å²) in [6.07, 6.45) is 56.2. The molecule has 2 N–H and O–H groups in total. The zero-order chi connectivity index (χ0) is 43.9. The second kappa shape index (κ2) is 47.0. The van der Waals surface area contributed by atoms with Gasteiger partial charge >= 0.3 is 19.8 Å². The van der Waals surface area contributed by atoms with Crippen molar-refractivity contribution in [3.63, 3.8) is 0 Å². The van der Waals surface area contributed by atoms with Gasteiger partial charge in [0.2, 0.25) is 0 Å². The van der Waals surface area contributed by atoms with Gasteiger partial charge < -0.3 is 19.3 Å². The van der Waals surface area contributed by atoms with Crippen molar-refractivity contribution >= 4 is 19.8 Å². The summed E-state index contributed by atoms with van der Waals surface area (Å²) in [5.41, 5.74) is 0. The summed E-state index contributed by atoms with van der Waals surface area (Å²) < 4.78 is 26.5. The van der Waals surface area contributed by atoms with E-state index in [0.29, 0.717) is 6.42 Å². The first-order valence-electron chi connectivity index (χ1n) is 25.6. The molecule has 0 unspecified atom stereocenters. The Morgan fingerprint density at radius 1 is 0.417 bits per heavy atom. The van der Waals surface area contributed by atoms with Crippen LogP contribution in [0.2, 0.25) is 0 Å². The molecule has 0 amide bonds. The second-order valence-electron chi connectivity index (χ2n) is 17.5. The van der Waals surface area contributed by atoms with Gasteiger partial charge in [0.15, 0.2) is 6.10 Å². The molecule has 0 aromatic heterocycles. The fourth-order valence-corrected chi connectivity index (χ4v) is 7.96. The summed E-state index contributed by atoms with van der Waals surface area (Å²) in [5.74, 6) is -0.872. The Labute approximate surface area is 370 Å². The van der Waals surface area contributed by atoms with Gasteiger partial charge in [-0.1, -0.05) is 218 Å². The average Bonchev–Trinajstić information content (AvgIpc) is 3.22. The quantitative estimate of drug-likeness (QED) is 0.0269. The molecule has 60 heavy (non-hydrogen) atoms. The van der Waals surface area contributed by atoms with Crippen LogP contribution in [0, 0.1) is 0 Å². The molecule has 8 nitrogen and oxygen atoms in total. The minimum Gasteiger partial charge on any atom is -0.462 e. The van der Waals surface area contributed by atoms with E-state index < -0.39 is 32.5 Å². The van der Waals surface area contributed by atoms with Crippen LogP contribution in [-0.4, -0.2) is 41.0 Å². The maximum absolute atomic E-state index is 12.5. The van der Waals surface area contributed by atoms with Crippen LogP contribution >= 0.6 is 7.82 Å². The van der Waals surface area contributed by atoms with Gasteiger partial charge in [-0.15, -0.1) is 0 Å². The summed E-state index contributed by atoms with van der Waals surface area (Å²) in [6.45, 7) is 3.72. The summed E-state index contributed by atoms with van der Waals surface area (Å²) >= 11 is 0. The monoisotopic (exact) mass is 869 g/mol. The number of phosphoric acid groups is 1. The molecule has 0 aliphatic rings. The van der Waals surface area contributed by atoms with Crippen LogP contribution in [0.5, 0.6) is 0 Å². The highest BCUT2D eigenvalue weighted by molar-refractivity contribution is 7.46. The Bertz CT molecular complexity index is 1020. The second-order valence-corrected chi connectivity index (χ2v) is 18.7. The van der Waals surface area contributed by atoms with E-state index in [0.717, 1.165) is 38.5 Å². The number of ether oxygens (including phenoxy) is 2. The Kier molecular flexibility index (Phi) is 45.9. The maximum atomic E-state index is 12.5. The largest absolute Gasteiger partial charge is 0.469 e. The first kappa shape index (κ1) is 58.5. The van der Waals surface area contributed by atoms with Crippen molar-refractivity contribution in [2.75, 3.05) is 13.2 Å². The highest BCUT2D eigenvalue weighted by atomic mass is 31.2. The van der Waals surface area contributed by atoms with Crippen LogP contribution in [0.4, 0.5) is 0 Å². The van der Waals surface area contributed by atoms with Gasteiger partial charge in [-0.2, -0.15) is 0 Å². The molecule has 0 rings (SSSR count). The van der Waals surface area contributed by atoms with Crippen molar-refractivity contribution in [1.82, 2.24) is 0 Å². The molecule has 0 heterocycles. The molecular weight excluding hydrogens is 772 g/mol. The molecular formula is C51H97O8P. The Morgan fingerprint density at radius 2 is 0.700 bits per heavy atom. The molecule has 0 aromatic carbocycles. The number of phosphoric ester groups is 1. The number of unbranched alkanes of at least 4 members (excludes halogenated alkanes) is 34. The van der Waals surface area contributed by atoms with Gasteiger partial charge in [-0.05, 0) is 64.2 Å². The van der Waals surface area contributed by atoms with Crippen molar-refractivity contribution in [3.05, 3.63) is 24.3 Å². The summed E-state index contributed by atoms with van der Waals surface area (Å²) in [6, 6.07) is 0. The third-order valence-electron chi connectivity index (χ3n) is 11.4. The predicted octanol–water partition coefficient (Wildman–Crippen LogP) is 16.3. The van der Waals surface area contributed by atoms with Crippen LogP contribution < -0.4 is 0 Å². The van der Waals surface area contributed by atoms with Gasteiger partial charge in [0.1, 0.15) is 6.61 Å². The Morgan fingerprint density at radius 3 is 1.02 bits per heavy atom. The Hall–Kier alpha value is -1.47. The molecule has 9 heteroatoms. The summed E-state index contributed by atoms with van der Waals surface area (Å²) in [5, 5.41) is 0. The number of hydrogen-bond acceptors (Lipinski definition) is 6. The zero-order valence-corrected chi connectivity index (χ0v) is 40.3. The minimum atomic E-state index is -4.76. The van der Waals surface area contributed by atoms with Crippen molar-refractivity contribution in [2.45, 2.75) is 277 Å². The fourth-order valence-electron chi connectivity index (χ4n) is 7.60. The van der Waals surface area contributed by atoms with Gasteiger partial charge in [-0.3, -0.25) is 14.1 Å². The van der Waals surface area contributed by atoms with Crippen molar-refractivity contribution in [1.29, 1.82) is 0 Å². The van der Waals surface area contributed by atoms with Crippen LogP contribution in [0.25, 0.3) is 0 Å². The SMILES string of the molecule is CCCCCCCC/C=C\CCCCCCCCCCCCCC(=O)OC[C@H](COP(=O)(O)O)OC(=O)CCCCCCCCCCCCC/C=C\CCCCCCCC. The van der Waals surface area contributed by atoms with E-state index in [1.807, 2.05) is 0 Å². The molecule has 0 fully saturated rings. The number of hydrogen-bond donors (Lipinski definition) is 2. The lowest BCUT2D eigenvalue weighted by molar-refractivity contribution is -0.161. The molecule has 0 saturated carbocycles. The lowest BCUT2D eigenvalue weighted by Gasteiger charge is -2.18. The minimum absolute atomic E-state index is 0.214. The molecule has 0 aromatic rings. The van der Waals surface area contributed by atoms with Crippen LogP contribution in [0.15, 0.2) is 24.3 Å². The van der Waals surface area contributed by atoms with E-state index in [-0.39, 0.29) is 19.4 Å². The summed E-state index contributed by atoms with van der Waals surface area (Å²) in [7, 11) is -4.76. The molecule has 0 bridgehead atoms. The van der Waals surface area contributed by atoms with Gasteiger partial charge in [0.05, 0.1) is 6.61 Å². The van der Waals surface area contributed by atoms with E-state index in [1.165, 1.54) is 199 Å². The zero-order valence-electron chi connectivity index (χ0n) is 39.4. The third-order valence-corrected chi connectivity index (χ3v) is 11.9. The first-order valence-corrected chi connectivity index (χ1v) is 27.2. The normalized spacial score (nSPS) is 12.5. The van der Waals surface area contributed by atoms with Crippen molar-refractivity contribution in [2.24, 2.45) is 0 Å². The molecule has 0 radical (unpaired) electrons. The van der Waals surface area contributed by atoms with Gasteiger partial charge in [0.25, 0.3) is 0 Å². The third kappa shape index (κ3) is 49.2. The van der Waals surface area contributed by atoms with Crippen LogP contribution in [0.3, 0.4) is 0 Å². The maximum Gasteiger partial charge on any atom is 0.469 e. The topological polar surface area (TPSA) is 119 Å². The van der Waals surface area contributed by atoms with Gasteiger partial charge in [-0.25, -0.2) is 4.57 Å². The highest BCUT2D eigenvalue weighted by Crippen LogP contribution is 2.36. The lowest BCUT2D eigenvalue weighted by Crippen LogP contribution is -2.29. The van der Waals surface area contributed by atoms with E-state index >= 15 is 0 Å². The molecule has 0 aliphatic carbocycles. The Balaban J connectivity index is 3.79. The predicted molar refractivity (Wildman–Crippen MR) is 253 cm³/mol. The molecule has 0 aliphatic heterocycles. The highest BCUT2D eigenvalue weighted by Gasteiger charge is 2.23. The smallest absolute Gasteiger partial charge is 0.462 e. The number of carbonyl (C=O) groups is 2. The van der Waals surface area contributed by atoms with E-state index in [4.69, 9.17) is 19.3 Å². The molecule has 0 saturated heterocycles. The van der Waals surface area contributed by atoms with E-state index in [9.17, 15) is 14.2 Å². The van der Waals surface area contributed by atoms with Crippen LogP contribution in [-0.2, 0) is 28.2 Å². The fraction of sp³-hybridized carbons (Fsp3) is 0.882. The van der Waals surface area contributed by atoms with Crippen LogP contribution in [0.1, 0.15) is 271 Å². The number of esters is 2. The van der Waals surface area contributed by atoms with Gasteiger partial charge in [0, 0.05) is 12.8 Å². The van der Waals surface area contributed by atoms with Crippen molar-refractivity contribution < 1.29 is 37.9 Å². The first-order chi connectivity index (χ1) is 29.3. The molecule has 0 spiro atoms. The summed E-state index contributed by atoms with van der Waals surface area (Å²) in [4.78, 5) is 43.1. The standard InChI is InChI=1S/C51H97O8P/c1-3-5-7-9-11-13-15-17-19-21-23-25-27-29-31-33-35-37-39-41-43-45-50(52)57-47-49(48-58-60(54,55)56)59-51(53)46-44-42-40-38-36-34-32-30-28-26-24-22-20-18-16-14-12-10-8-6-4-2/h17-20,49H,3-16,21-48H2,1-2H3,(H2,54,55,56)/b19-17-,20-18-/t49-/m1/s1. The molecule has 354 valence electrons. The molecule has 1 atom stereocenters. The lowest BCUT2D eigenvalue weighted by atomic mass is 10.0. The van der Waals surface area contributed by atoms with Crippen molar-refractivity contribution in [3.8, 4) is 0 Å². The number of allylic oxidation sites excluding steroid dienone is 4.